The zero-order chi connectivity index (χ0) is 25.5. The predicted molar refractivity (Wildman–Crippen MR) is 148 cm³/mol. The van der Waals surface area contributed by atoms with Crippen molar-refractivity contribution in [2.75, 3.05) is 26.7 Å². The maximum atomic E-state index is 10.4. The predicted octanol–water partition coefficient (Wildman–Crippen LogP) is 7.77. The molecule has 6 heteroatoms. The van der Waals surface area contributed by atoms with Gasteiger partial charge in [-0.1, -0.05) is 89.9 Å². The number of nitrogens with zero attached hydrogens (tertiary/aromatic N) is 2. The van der Waals surface area contributed by atoms with Gasteiger partial charge in [0.15, 0.2) is 0 Å². The summed E-state index contributed by atoms with van der Waals surface area (Å²) >= 11 is 12.2. The van der Waals surface area contributed by atoms with Crippen LogP contribution in [0.25, 0.3) is 0 Å². The number of carboxylic acid groups (broad SMARTS) is 1. The van der Waals surface area contributed by atoms with E-state index in [9.17, 15) is 4.79 Å². The third kappa shape index (κ3) is 7.49. The van der Waals surface area contributed by atoms with Crippen molar-refractivity contribution in [2.45, 2.75) is 37.6 Å². The van der Waals surface area contributed by atoms with E-state index in [4.69, 9.17) is 28.3 Å². The van der Waals surface area contributed by atoms with Crippen LogP contribution >= 0.6 is 23.2 Å². The number of amides is 1. The first-order valence-electron chi connectivity index (χ1n) is 12.6. The van der Waals surface area contributed by atoms with Crippen molar-refractivity contribution in [2.24, 2.45) is 5.92 Å². The van der Waals surface area contributed by atoms with Crippen molar-refractivity contribution in [3.05, 3.63) is 106 Å². The smallest absolute Gasteiger partial charge is 0.407 e. The van der Waals surface area contributed by atoms with Crippen LogP contribution < -0.4 is 0 Å². The lowest BCUT2D eigenvalue weighted by atomic mass is 9.89. The van der Waals surface area contributed by atoms with Gasteiger partial charge in [-0.25, -0.2) is 4.79 Å². The van der Waals surface area contributed by atoms with Crippen molar-refractivity contribution < 1.29 is 9.90 Å². The Labute approximate surface area is 224 Å². The van der Waals surface area contributed by atoms with E-state index in [1.54, 1.807) is 7.05 Å². The molecule has 36 heavy (non-hydrogen) atoms. The van der Waals surface area contributed by atoms with Crippen molar-refractivity contribution in [1.29, 1.82) is 0 Å². The summed E-state index contributed by atoms with van der Waals surface area (Å²) in [5.74, 6) is 2.20. The molecule has 1 N–H and O–H groups in total. The highest BCUT2D eigenvalue weighted by Gasteiger charge is 2.39. The van der Waals surface area contributed by atoms with Crippen LogP contribution in [0.3, 0.4) is 0 Å². The van der Waals surface area contributed by atoms with Crippen molar-refractivity contribution in [1.82, 2.24) is 9.80 Å². The van der Waals surface area contributed by atoms with Crippen LogP contribution in [0.1, 0.15) is 47.8 Å². The first kappa shape index (κ1) is 26.5. The molecule has 2 aliphatic rings. The molecule has 3 aromatic rings. The molecule has 1 heterocycles. The van der Waals surface area contributed by atoms with Crippen LogP contribution in [0.15, 0.2) is 78.9 Å². The van der Waals surface area contributed by atoms with E-state index in [-0.39, 0.29) is 0 Å². The second-order valence-electron chi connectivity index (χ2n) is 9.89. The van der Waals surface area contributed by atoms with Crippen LogP contribution in [0.2, 0.25) is 10.0 Å². The van der Waals surface area contributed by atoms with E-state index < -0.39 is 6.09 Å². The zero-order valence-electron chi connectivity index (χ0n) is 20.7. The number of rotatable bonds is 6. The average molecular weight is 526 g/mol. The van der Waals surface area contributed by atoms with E-state index in [0.717, 1.165) is 17.4 Å². The van der Waals surface area contributed by atoms with Gasteiger partial charge < -0.3 is 14.9 Å². The molecule has 1 saturated heterocycles. The average Bonchev–Trinajstić information content (AvgIpc) is 3.66. The van der Waals surface area contributed by atoms with E-state index in [1.165, 1.54) is 54.9 Å². The molecule has 4 nitrogen and oxygen atoms in total. The monoisotopic (exact) mass is 524 g/mol. The Morgan fingerprint density at radius 1 is 0.917 bits per heavy atom. The first-order chi connectivity index (χ1) is 17.4. The van der Waals surface area contributed by atoms with Gasteiger partial charge >= 0.3 is 6.09 Å². The lowest BCUT2D eigenvalue weighted by Gasteiger charge is -2.32. The fourth-order valence-corrected chi connectivity index (χ4v) is 5.34. The minimum atomic E-state index is -0.904. The Balaban J connectivity index is 0.000000214. The van der Waals surface area contributed by atoms with Crippen LogP contribution in [0.5, 0.6) is 0 Å². The minimum absolute atomic E-state index is 0.441. The molecule has 0 unspecified atom stereocenters. The van der Waals surface area contributed by atoms with Crippen LogP contribution in [-0.4, -0.2) is 47.7 Å². The lowest BCUT2D eigenvalue weighted by molar-refractivity contribution is 0.154. The molecule has 0 bridgehead atoms. The Morgan fingerprint density at radius 2 is 1.56 bits per heavy atom. The van der Waals surface area contributed by atoms with Gasteiger partial charge in [-0.15, -0.1) is 0 Å². The molecule has 0 aromatic heterocycles. The molecule has 0 radical (unpaired) electrons. The van der Waals surface area contributed by atoms with Gasteiger partial charge in [-0.3, -0.25) is 0 Å². The molecule has 5 rings (SSSR count). The van der Waals surface area contributed by atoms with Gasteiger partial charge in [0.1, 0.15) is 0 Å². The van der Waals surface area contributed by atoms with Gasteiger partial charge in [0.05, 0.1) is 10.0 Å². The molecule has 2 fully saturated rings. The van der Waals surface area contributed by atoms with Gasteiger partial charge in [-0.05, 0) is 78.9 Å². The summed E-state index contributed by atoms with van der Waals surface area (Å²) in [5, 5.41) is 9.91. The summed E-state index contributed by atoms with van der Waals surface area (Å²) in [4.78, 5) is 14.3. The fourth-order valence-electron chi connectivity index (χ4n) is 5.03. The number of piperidine rings is 1. The third-order valence-electron chi connectivity index (χ3n) is 7.23. The summed E-state index contributed by atoms with van der Waals surface area (Å²) < 4.78 is 0. The Hall–Kier alpha value is -2.53. The van der Waals surface area contributed by atoms with E-state index >= 15 is 0 Å². The Bertz CT molecular complexity index is 1120. The van der Waals surface area contributed by atoms with Crippen molar-refractivity contribution in [3.63, 3.8) is 0 Å². The quantitative estimate of drug-likeness (QED) is 0.358. The molecule has 1 saturated carbocycles. The summed E-state index contributed by atoms with van der Waals surface area (Å²) in [5.41, 5.74) is 3.87. The number of benzene rings is 3. The van der Waals surface area contributed by atoms with E-state index in [2.05, 4.69) is 47.4 Å². The summed E-state index contributed by atoms with van der Waals surface area (Å²) in [6.45, 7) is 4.12. The topological polar surface area (TPSA) is 43.8 Å². The highest BCUT2D eigenvalue weighted by Crippen LogP contribution is 2.49. The number of hydrogen-bond donors (Lipinski definition) is 1. The first-order valence-corrected chi connectivity index (χ1v) is 13.4. The van der Waals surface area contributed by atoms with Gasteiger partial charge in [-0.2, -0.15) is 0 Å². The second kappa shape index (κ2) is 12.6. The maximum absolute atomic E-state index is 10.4. The molecule has 1 aliphatic carbocycles. The highest BCUT2D eigenvalue weighted by molar-refractivity contribution is 6.42. The number of likely N-dealkylation sites (tertiary alicyclic amines) is 1. The Morgan fingerprint density at radius 3 is 2.17 bits per heavy atom. The molecule has 3 aromatic carbocycles. The van der Waals surface area contributed by atoms with Gasteiger partial charge in [0.2, 0.25) is 0 Å². The molecule has 190 valence electrons. The molecule has 2 atom stereocenters. The summed E-state index contributed by atoms with van der Waals surface area (Å²) in [7, 11) is 1.55. The molecule has 0 spiro atoms. The summed E-state index contributed by atoms with van der Waals surface area (Å²) in [6.07, 6.45) is 2.96. The standard InChI is InChI=1S/C21H23Cl2N.C9H11NO2/c22-20-7-6-17(13-21(20)23)19-12-18(19)14-24-10-8-16(9-11-24)15-4-2-1-3-5-15;1-10(9(11)12)7-8-5-3-2-4-6-8/h1-7,13,16,18-19H,8-12,14H2;2-6H,7H2,1H3,(H,11,12)/t18-,19+;/m0./s1. The van der Waals surface area contributed by atoms with Crippen molar-refractivity contribution in [3.8, 4) is 0 Å². The van der Waals surface area contributed by atoms with Crippen molar-refractivity contribution >= 4 is 29.3 Å². The van der Waals surface area contributed by atoms with Crippen LogP contribution in [0, 0.1) is 5.92 Å². The maximum Gasteiger partial charge on any atom is 0.407 e. The molecular weight excluding hydrogens is 491 g/mol. The fraction of sp³-hybridized carbons (Fsp3) is 0.367. The van der Waals surface area contributed by atoms with Crippen LogP contribution in [0.4, 0.5) is 4.79 Å². The lowest BCUT2D eigenvalue weighted by Crippen LogP contribution is -2.34. The van der Waals surface area contributed by atoms with E-state index in [1.807, 2.05) is 36.4 Å². The van der Waals surface area contributed by atoms with E-state index in [0.29, 0.717) is 22.5 Å². The SMILES string of the molecule is CN(Cc1ccccc1)C(=O)O.Clc1ccc([C@H]2C[C@H]2CN2CCC(c3ccccc3)CC2)cc1Cl. The molecule has 1 amide bonds. The highest BCUT2D eigenvalue weighted by atomic mass is 35.5. The number of carbonyl (C=O) groups is 1. The van der Waals surface area contributed by atoms with Gasteiger partial charge in [0.25, 0.3) is 0 Å². The largest absolute Gasteiger partial charge is 0.465 e. The van der Waals surface area contributed by atoms with Crippen LogP contribution in [-0.2, 0) is 6.54 Å². The van der Waals surface area contributed by atoms with Gasteiger partial charge in [0, 0.05) is 20.1 Å². The number of halogens is 2. The molecule has 1 aliphatic heterocycles. The Kier molecular flexibility index (Phi) is 9.30. The summed E-state index contributed by atoms with van der Waals surface area (Å²) in [6, 6.07) is 26.6. The normalized spacial score (nSPS) is 19.8. The third-order valence-corrected chi connectivity index (χ3v) is 7.97. The second-order valence-corrected chi connectivity index (χ2v) is 10.7. The zero-order valence-corrected chi connectivity index (χ0v) is 22.2. The number of hydrogen-bond acceptors (Lipinski definition) is 2. The minimum Gasteiger partial charge on any atom is -0.465 e. The molecular formula is C30H34Cl2N2O2.